The minimum absolute atomic E-state index is 0.156. The van der Waals surface area contributed by atoms with Crippen LogP contribution in [0.25, 0.3) is 0 Å². The number of carbonyl (C=O) groups is 1. The Morgan fingerprint density at radius 3 is 3.05 bits per heavy atom. The van der Waals surface area contributed by atoms with Gasteiger partial charge in [-0.15, -0.1) is 0 Å². The summed E-state index contributed by atoms with van der Waals surface area (Å²) in [6.07, 6.45) is 7.20. The third-order valence-electron chi connectivity index (χ3n) is 3.78. The lowest BCUT2D eigenvalue weighted by molar-refractivity contribution is -0.121. The van der Waals surface area contributed by atoms with Crippen molar-refractivity contribution in [1.82, 2.24) is 0 Å². The monoisotopic (exact) mass is 257 g/mol. The minimum atomic E-state index is -0.376. The lowest BCUT2D eigenvalue weighted by Crippen LogP contribution is -2.38. The smallest absolute Gasteiger partial charge is 0.200 e. The lowest BCUT2D eigenvalue weighted by atomic mass is 10.0. The van der Waals surface area contributed by atoms with Gasteiger partial charge < -0.3 is 10.1 Å². The Morgan fingerprint density at radius 1 is 1.21 bits per heavy atom. The van der Waals surface area contributed by atoms with E-state index in [0.717, 1.165) is 36.3 Å². The van der Waals surface area contributed by atoms with Gasteiger partial charge in [0.2, 0.25) is 5.78 Å². The van der Waals surface area contributed by atoms with E-state index in [-0.39, 0.29) is 11.9 Å². The number of anilines is 1. The van der Waals surface area contributed by atoms with Crippen molar-refractivity contribution in [2.75, 3.05) is 11.9 Å². The third-order valence-corrected chi connectivity index (χ3v) is 3.78. The van der Waals surface area contributed by atoms with E-state index in [2.05, 4.69) is 11.4 Å². The molecular formula is C16H19NO2. The van der Waals surface area contributed by atoms with Gasteiger partial charge in [0.15, 0.2) is 6.10 Å². The second-order valence-electron chi connectivity index (χ2n) is 5.18. The number of hydrogen-bond donors (Lipinski definition) is 1. The first-order chi connectivity index (χ1) is 9.34. The van der Waals surface area contributed by atoms with Crippen molar-refractivity contribution in [2.24, 2.45) is 0 Å². The normalized spacial score (nSPS) is 22.3. The van der Waals surface area contributed by atoms with Crippen LogP contribution in [0, 0.1) is 0 Å². The molecular weight excluding hydrogens is 238 g/mol. The quantitative estimate of drug-likeness (QED) is 0.883. The fourth-order valence-electron chi connectivity index (χ4n) is 2.70. The number of carbonyl (C=O) groups excluding carboxylic acids is 1. The van der Waals surface area contributed by atoms with Gasteiger partial charge in [-0.05, 0) is 43.4 Å². The zero-order valence-corrected chi connectivity index (χ0v) is 11.0. The van der Waals surface area contributed by atoms with Gasteiger partial charge in [-0.25, -0.2) is 0 Å². The molecule has 1 atom stereocenters. The highest BCUT2D eigenvalue weighted by Gasteiger charge is 2.27. The summed E-state index contributed by atoms with van der Waals surface area (Å²) in [4.78, 5) is 12.5. The maximum Gasteiger partial charge on any atom is 0.200 e. The highest BCUT2D eigenvalue weighted by molar-refractivity contribution is 5.99. The van der Waals surface area contributed by atoms with Crippen molar-refractivity contribution in [3.8, 4) is 5.75 Å². The summed E-state index contributed by atoms with van der Waals surface area (Å²) in [5.74, 6) is 0.935. The number of para-hydroxylation sites is 2. The average Bonchev–Trinajstić information content (AvgIpc) is 2.75. The van der Waals surface area contributed by atoms with Gasteiger partial charge >= 0.3 is 0 Å². The van der Waals surface area contributed by atoms with Crippen LogP contribution in [0.3, 0.4) is 0 Å². The lowest BCUT2D eigenvalue weighted by Gasteiger charge is -2.26. The van der Waals surface area contributed by atoms with Crippen LogP contribution < -0.4 is 10.1 Å². The topological polar surface area (TPSA) is 38.3 Å². The molecule has 1 heterocycles. The largest absolute Gasteiger partial charge is 0.478 e. The second-order valence-corrected chi connectivity index (χ2v) is 5.18. The molecule has 2 aliphatic rings. The van der Waals surface area contributed by atoms with Crippen molar-refractivity contribution in [1.29, 1.82) is 0 Å². The van der Waals surface area contributed by atoms with E-state index in [9.17, 15) is 4.79 Å². The van der Waals surface area contributed by atoms with Crippen molar-refractivity contribution in [3.63, 3.8) is 0 Å². The molecule has 0 amide bonds. The Labute approximate surface area is 113 Å². The van der Waals surface area contributed by atoms with E-state index in [1.807, 2.05) is 24.3 Å². The van der Waals surface area contributed by atoms with Gasteiger partial charge in [0, 0.05) is 0 Å². The standard InChI is InChI=1S/C16H19NO2/c18-16(12-7-3-1-2-4-8-12)15-11-17-13-9-5-6-10-14(13)19-15/h5-7,9-10,15,17H,1-4,8,11H2. The van der Waals surface area contributed by atoms with E-state index >= 15 is 0 Å². The maximum absolute atomic E-state index is 12.5. The van der Waals surface area contributed by atoms with E-state index in [1.54, 1.807) is 0 Å². The summed E-state index contributed by atoms with van der Waals surface area (Å²) < 4.78 is 5.83. The Bertz CT molecular complexity index is 507. The maximum atomic E-state index is 12.5. The SMILES string of the molecule is O=C(C1=CCCCCC1)C1CNc2ccccc2O1. The number of ketones is 1. The molecule has 1 aliphatic heterocycles. The Hall–Kier alpha value is -1.77. The van der Waals surface area contributed by atoms with Crippen molar-refractivity contribution in [2.45, 2.75) is 38.2 Å². The van der Waals surface area contributed by atoms with Crippen LogP contribution in [0.1, 0.15) is 32.1 Å². The molecule has 1 unspecified atom stereocenters. The van der Waals surface area contributed by atoms with Gasteiger partial charge in [0.25, 0.3) is 0 Å². The molecule has 1 N–H and O–H groups in total. The van der Waals surface area contributed by atoms with E-state index < -0.39 is 0 Å². The first kappa shape index (κ1) is 12.3. The minimum Gasteiger partial charge on any atom is -0.478 e. The summed E-state index contributed by atoms with van der Waals surface area (Å²) in [7, 11) is 0. The zero-order valence-electron chi connectivity index (χ0n) is 11.0. The van der Waals surface area contributed by atoms with E-state index in [4.69, 9.17) is 4.74 Å². The van der Waals surface area contributed by atoms with E-state index in [0.29, 0.717) is 6.54 Å². The molecule has 3 nitrogen and oxygen atoms in total. The fraction of sp³-hybridized carbons (Fsp3) is 0.438. The molecule has 100 valence electrons. The second kappa shape index (κ2) is 5.47. The predicted molar refractivity (Wildman–Crippen MR) is 75.5 cm³/mol. The Balaban J connectivity index is 1.74. The molecule has 1 aromatic carbocycles. The van der Waals surface area contributed by atoms with Crippen molar-refractivity contribution < 1.29 is 9.53 Å². The van der Waals surface area contributed by atoms with Crippen molar-refractivity contribution in [3.05, 3.63) is 35.9 Å². The molecule has 3 heteroatoms. The third kappa shape index (κ3) is 2.65. The molecule has 0 aromatic heterocycles. The number of rotatable bonds is 2. The number of allylic oxidation sites excluding steroid dienone is 1. The summed E-state index contributed by atoms with van der Waals surface area (Å²) in [5, 5.41) is 3.28. The van der Waals surface area contributed by atoms with Crippen LogP contribution in [0.5, 0.6) is 5.75 Å². The number of Topliss-reactive ketones (excluding diaryl/α,β-unsaturated/α-hetero) is 1. The molecule has 0 radical (unpaired) electrons. The molecule has 0 fully saturated rings. The van der Waals surface area contributed by atoms with Crippen LogP contribution in [0.4, 0.5) is 5.69 Å². The van der Waals surface area contributed by atoms with Crippen LogP contribution >= 0.6 is 0 Å². The van der Waals surface area contributed by atoms with E-state index in [1.165, 1.54) is 12.8 Å². The van der Waals surface area contributed by atoms with Crippen LogP contribution in [0.15, 0.2) is 35.9 Å². The van der Waals surface area contributed by atoms with Crippen LogP contribution in [0.2, 0.25) is 0 Å². The molecule has 19 heavy (non-hydrogen) atoms. The number of ether oxygens (including phenoxy) is 1. The van der Waals surface area contributed by atoms with Gasteiger partial charge in [-0.3, -0.25) is 4.79 Å². The van der Waals surface area contributed by atoms with Crippen molar-refractivity contribution >= 4 is 11.5 Å². The van der Waals surface area contributed by atoms with Gasteiger partial charge in [0.05, 0.1) is 12.2 Å². The summed E-state index contributed by atoms with van der Waals surface area (Å²) in [5.41, 5.74) is 1.94. The molecule has 0 bridgehead atoms. The molecule has 1 aliphatic carbocycles. The summed E-state index contributed by atoms with van der Waals surface area (Å²) in [6.45, 7) is 0.563. The first-order valence-corrected chi connectivity index (χ1v) is 7.07. The average molecular weight is 257 g/mol. The number of benzene rings is 1. The molecule has 1 aromatic rings. The highest BCUT2D eigenvalue weighted by Crippen LogP contribution is 2.30. The highest BCUT2D eigenvalue weighted by atomic mass is 16.5. The fourth-order valence-corrected chi connectivity index (χ4v) is 2.70. The number of hydrogen-bond acceptors (Lipinski definition) is 3. The Morgan fingerprint density at radius 2 is 2.11 bits per heavy atom. The van der Waals surface area contributed by atoms with Crippen LogP contribution in [-0.4, -0.2) is 18.4 Å². The molecule has 0 saturated heterocycles. The van der Waals surface area contributed by atoms with Gasteiger partial charge in [0.1, 0.15) is 5.75 Å². The molecule has 0 spiro atoms. The summed E-state index contributed by atoms with van der Waals surface area (Å²) >= 11 is 0. The van der Waals surface area contributed by atoms with Crippen LogP contribution in [-0.2, 0) is 4.79 Å². The molecule has 0 saturated carbocycles. The Kier molecular flexibility index (Phi) is 3.53. The predicted octanol–water partition coefficient (Wildman–Crippen LogP) is 3.32. The first-order valence-electron chi connectivity index (χ1n) is 7.07. The number of fused-ring (bicyclic) bond motifs is 1. The van der Waals surface area contributed by atoms with Gasteiger partial charge in [-0.2, -0.15) is 0 Å². The van der Waals surface area contributed by atoms with Gasteiger partial charge in [-0.1, -0.05) is 24.6 Å². The zero-order chi connectivity index (χ0) is 13.1. The summed E-state index contributed by atoms with van der Waals surface area (Å²) in [6, 6.07) is 7.77. The molecule has 3 rings (SSSR count). The number of nitrogens with one attached hydrogen (secondary N) is 1.